The number of amides is 4. The van der Waals surface area contributed by atoms with Crippen molar-refractivity contribution in [3.63, 3.8) is 0 Å². The average molecular weight is 682 g/mol. The number of rotatable bonds is 8. The average Bonchev–Trinajstić information content (AvgIpc) is 3.28. The van der Waals surface area contributed by atoms with Crippen LogP contribution in [-0.4, -0.2) is 88.4 Å². The van der Waals surface area contributed by atoms with Gasteiger partial charge in [0.25, 0.3) is 0 Å². The summed E-state index contributed by atoms with van der Waals surface area (Å²) < 4.78 is 23.4. The molecule has 0 bridgehead atoms. The van der Waals surface area contributed by atoms with Gasteiger partial charge in [-0.05, 0) is 89.5 Å². The number of anilines is 1. The second-order valence-corrected chi connectivity index (χ2v) is 15.2. The number of guanidine groups is 1. The SMILES string of the molecule is CC(C)(C)OC(=O)NC(=NCC(CNC(NC(=O)OC(C)(C)C)NC(=O)OC(C)(C)C)c1cnn2c1NCCC2)NC(=O)OC(C)(C)C. The molecule has 17 heteroatoms. The standard InChI is InChI=1S/C31H55N9O8/c1-28(2,3)45-24(41)36-22(37-25(42)46-29(4,5)6)33-16-19(20-18-35-40-15-13-14-32-21(20)40)17-34-23(38-26(43)47-30(7,8)9)39-27(44)48-31(10,11)12/h18-19,22,32-33H,13-17H2,1-12H3,(H,36,41)(H,37,42)(H2,34,38,39,43,44). The predicted octanol–water partition coefficient (Wildman–Crippen LogP) is 4.11. The fourth-order valence-corrected chi connectivity index (χ4v) is 4.13. The van der Waals surface area contributed by atoms with Gasteiger partial charge in [-0.15, -0.1) is 0 Å². The van der Waals surface area contributed by atoms with Crippen molar-refractivity contribution in [1.29, 1.82) is 0 Å². The van der Waals surface area contributed by atoms with Crippen molar-refractivity contribution in [2.75, 3.05) is 25.0 Å². The third kappa shape index (κ3) is 16.0. The van der Waals surface area contributed by atoms with Gasteiger partial charge in [-0.2, -0.15) is 5.10 Å². The molecule has 0 saturated carbocycles. The van der Waals surface area contributed by atoms with Crippen molar-refractivity contribution in [2.45, 2.75) is 131 Å². The first-order valence-electron chi connectivity index (χ1n) is 16.0. The summed E-state index contributed by atoms with van der Waals surface area (Å²) >= 11 is 0. The molecule has 6 N–H and O–H groups in total. The molecule has 48 heavy (non-hydrogen) atoms. The summed E-state index contributed by atoms with van der Waals surface area (Å²) in [4.78, 5) is 55.3. The Balaban J connectivity index is 2.42. The molecule has 2 rings (SSSR count). The van der Waals surface area contributed by atoms with Gasteiger partial charge >= 0.3 is 24.4 Å². The first kappa shape index (κ1) is 39.9. The predicted molar refractivity (Wildman–Crippen MR) is 180 cm³/mol. The number of hydrogen-bond acceptors (Lipinski definition) is 12. The zero-order chi connectivity index (χ0) is 36.5. The lowest BCUT2D eigenvalue weighted by Crippen LogP contribution is -2.58. The minimum Gasteiger partial charge on any atom is -0.444 e. The molecule has 4 amide bonds. The van der Waals surface area contributed by atoms with Crippen LogP contribution in [0.15, 0.2) is 11.2 Å². The summed E-state index contributed by atoms with van der Waals surface area (Å²) in [6, 6.07) is 0. The number of carbonyl (C=O) groups excluding carboxylic acids is 4. The molecule has 0 aliphatic carbocycles. The van der Waals surface area contributed by atoms with Crippen molar-refractivity contribution in [3.05, 3.63) is 11.8 Å². The van der Waals surface area contributed by atoms with E-state index in [1.807, 2.05) is 4.68 Å². The van der Waals surface area contributed by atoms with Crippen LogP contribution >= 0.6 is 0 Å². The zero-order valence-electron chi connectivity index (χ0n) is 30.4. The lowest BCUT2D eigenvalue weighted by atomic mass is 10.0. The number of aromatic nitrogens is 2. The highest BCUT2D eigenvalue weighted by molar-refractivity contribution is 6.01. The molecule has 0 spiro atoms. The highest BCUT2D eigenvalue weighted by Crippen LogP contribution is 2.27. The number of nitrogens with one attached hydrogen (secondary N) is 6. The molecular formula is C31H55N9O8. The Morgan fingerprint density at radius 3 is 1.71 bits per heavy atom. The Morgan fingerprint density at radius 2 is 1.25 bits per heavy atom. The van der Waals surface area contributed by atoms with Gasteiger partial charge in [0, 0.05) is 31.1 Å². The summed E-state index contributed by atoms with van der Waals surface area (Å²) in [5.74, 6) is 0.105. The Labute approximate surface area is 283 Å². The van der Waals surface area contributed by atoms with Crippen LogP contribution in [-0.2, 0) is 25.5 Å². The van der Waals surface area contributed by atoms with Gasteiger partial charge < -0.3 is 24.3 Å². The molecule has 272 valence electrons. The van der Waals surface area contributed by atoms with Crippen LogP contribution in [0.25, 0.3) is 0 Å². The van der Waals surface area contributed by atoms with E-state index in [0.29, 0.717) is 6.54 Å². The topological polar surface area (TPSA) is 208 Å². The van der Waals surface area contributed by atoms with Crippen LogP contribution < -0.4 is 31.9 Å². The summed E-state index contributed by atoms with van der Waals surface area (Å²) in [6.45, 7) is 22.1. The number of nitrogens with zero attached hydrogens (tertiary/aromatic N) is 3. The molecule has 17 nitrogen and oxygen atoms in total. The quantitative estimate of drug-likeness (QED) is 0.0996. The molecule has 1 atom stereocenters. The molecule has 1 aliphatic heterocycles. The number of aliphatic imine (C=N–C) groups is 1. The van der Waals surface area contributed by atoms with Crippen LogP contribution in [0.5, 0.6) is 0 Å². The van der Waals surface area contributed by atoms with Crippen molar-refractivity contribution in [1.82, 2.24) is 36.4 Å². The molecule has 1 unspecified atom stereocenters. The third-order valence-electron chi connectivity index (χ3n) is 5.75. The van der Waals surface area contributed by atoms with Gasteiger partial charge in [0.05, 0.1) is 12.7 Å². The summed E-state index contributed by atoms with van der Waals surface area (Å²) in [5, 5.41) is 21.2. The Hall–Kier alpha value is -4.28. The number of aryl methyl sites for hydroxylation is 1. The van der Waals surface area contributed by atoms with Gasteiger partial charge in [0.2, 0.25) is 5.96 Å². The van der Waals surface area contributed by atoms with Crippen LogP contribution in [0.4, 0.5) is 25.0 Å². The Kier molecular flexibility index (Phi) is 13.5. The van der Waals surface area contributed by atoms with E-state index in [9.17, 15) is 19.2 Å². The third-order valence-corrected chi connectivity index (χ3v) is 5.75. The summed E-state index contributed by atoms with van der Waals surface area (Å²) in [5.41, 5.74) is -2.44. The van der Waals surface area contributed by atoms with E-state index in [1.54, 1.807) is 89.3 Å². The van der Waals surface area contributed by atoms with Gasteiger partial charge in [0.1, 0.15) is 28.2 Å². The maximum atomic E-state index is 12.7. The molecule has 0 radical (unpaired) electrons. The van der Waals surface area contributed by atoms with Crippen molar-refractivity contribution in [2.24, 2.45) is 4.99 Å². The first-order valence-corrected chi connectivity index (χ1v) is 16.0. The molecule has 1 aromatic rings. The smallest absolute Gasteiger partial charge is 0.414 e. The van der Waals surface area contributed by atoms with E-state index in [0.717, 1.165) is 24.3 Å². The van der Waals surface area contributed by atoms with Crippen LogP contribution in [0.2, 0.25) is 0 Å². The van der Waals surface area contributed by atoms with Crippen LogP contribution in [0.1, 0.15) is 101 Å². The highest BCUT2D eigenvalue weighted by Gasteiger charge is 2.28. The van der Waals surface area contributed by atoms with E-state index in [2.05, 4.69) is 42.0 Å². The molecule has 2 heterocycles. The van der Waals surface area contributed by atoms with Gasteiger partial charge in [-0.25, -0.2) is 23.9 Å². The maximum Gasteiger partial charge on any atom is 0.414 e. The number of carbonyl (C=O) groups is 4. The lowest BCUT2D eigenvalue weighted by Gasteiger charge is -2.28. The Bertz CT molecular complexity index is 1240. The van der Waals surface area contributed by atoms with E-state index in [-0.39, 0.29) is 19.0 Å². The molecule has 0 fully saturated rings. The summed E-state index contributed by atoms with van der Waals surface area (Å²) in [7, 11) is 0. The largest absolute Gasteiger partial charge is 0.444 e. The van der Waals surface area contributed by atoms with Gasteiger partial charge in [0.15, 0.2) is 6.29 Å². The normalized spacial score (nSPS) is 14.0. The van der Waals surface area contributed by atoms with E-state index < -0.39 is 59.0 Å². The molecule has 1 aliphatic rings. The number of fused-ring (bicyclic) bond motifs is 1. The minimum atomic E-state index is -1.13. The van der Waals surface area contributed by atoms with Crippen LogP contribution in [0, 0.1) is 0 Å². The van der Waals surface area contributed by atoms with E-state index in [4.69, 9.17) is 18.9 Å². The van der Waals surface area contributed by atoms with Gasteiger partial charge in [-0.1, -0.05) is 0 Å². The van der Waals surface area contributed by atoms with Crippen LogP contribution in [0.3, 0.4) is 0 Å². The Morgan fingerprint density at radius 1 is 0.792 bits per heavy atom. The van der Waals surface area contributed by atoms with Gasteiger partial charge in [-0.3, -0.25) is 31.6 Å². The number of hydrogen-bond donors (Lipinski definition) is 6. The molecular weight excluding hydrogens is 626 g/mol. The second-order valence-electron chi connectivity index (χ2n) is 15.2. The zero-order valence-corrected chi connectivity index (χ0v) is 30.4. The molecule has 0 aromatic carbocycles. The first-order chi connectivity index (χ1) is 21.9. The fourth-order valence-electron chi connectivity index (χ4n) is 4.13. The number of ether oxygens (including phenoxy) is 4. The van der Waals surface area contributed by atoms with Crippen molar-refractivity contribution in [3.8, 4) is 0 Å². The second kappa shape index (κ2) is 16.2. The van der Waals surface area contributed by atoms with Crippen molar-refractivity contribution >= 4 is 36.2 Å². The maximum absolute atomic E-state index is 12.7. The minimum absolute atomic E-state index is 0.000102. The highest BCUT2D eigenvalue weighted by atomic mass is 16.6. The summed E-state index contributed by atoms with van der Waals surface area (Å²) in [6.07, 6.45) is -1.75. The van der Waals surface area contributed by atoms with E-state index in [1.165, 1.54) is 0 Å². The molecule has 0 saturated heterocycles. The monoisotopic (exact) mass is 681 g/mol. The fraction of sp³-hybridized carbons (Fsp3) is 0.742. The number of alkyl carbamates (subject to hydrolysis) is 4. The molecule has 1 aromatic heterocycles. The lowest BCUT2D eigenvalue weighted by molar-refractivity contribution is 0.0402. The van der Waals surface area contributed by atoms with Crippen molar-refractivity contribution < 1.29 is 38.1 Å². The van der Waals surface area contributed by atoms with E-state index >= 15 is 0 Å².